The Balaban J connectivity index is 1.62. The van der Waals surface area contributed by atoms with Crippen molar-refractivity contribution in [1.82, 2.24) is 29.9 Å². The molecule has 0 bridgehead atoms. The molecule has 9 heteroatoms. The van der Waals surface area contributed by atoms with Crippen LogP contribution in [0, 0.1) is 20.8 Å². The number of hydrogen-bond donors (Lipinski definition) is 2. The lowest BCUT2D eigenvalue weighted by atomic mass is 10.1. The first-order chi connectivity index (χ1) is 16.1. The zero-order valence-electron chi connectivity index (χ0n) is 20.3. The Labute approximate surface area is 198 Å². The minimum absolute atomic E-state index is 0.0984. The summed E-state index contributed by atoms with van der Waals surface area (Å²) in [5.74, 6) is 2.65. The molecule has 0 unspecified atom stereocenters. The fourth-order valence-electron chi connectivity index (χ4n) is 3.79. The Hall–Kier alpha value is -4.01. The van der Waals surface area contributed by atoms with Gasteiger partial charge >= 0.3 is 0 Å². The number of pyridine rings is 2. The Bertz CT molecular complexity index is 1340. The SMILES string of the molecule is CC(=O)NC(C)(C)COc1cnc(C)cc1-c1ccn2nc(Nc3cc(C)nc(C)n3)cc2c1. The number of aryl methyl sites for hydroxylation is 3. The summed E-state index contributed by atoms with van der Waals surface area (Å²) >= 11 is 0. The monoisotopic (exact) mass is 459 g/mol. The minimum Gasteiger partial charge on any atom is -0.489 e. The summed E-state index contributed by atoms with van der Waals surface area (Å²) in [6, 6.07) is 9.88. The van der Waals surface area contributed by atoms with Crippen molar-refractivity contribution in [3.05, 3.63) is 59.9 Å². The molecule has 0 aliphatic heterocycles. The number of hydrogen-bond acceptors (Lipinski definition) is 7. The van der Waals surface area contributed by atoms with E-state index >= 15 is 0 Å². The van der Waals surface area contributed by atoms with Crippen LogP contribution in [0.5, 0.6) is 5.75 Å². The molecule has 0 radical (unpaired) electrons. The standard InChI is InChI=1S/C25H29N7O2/c1-15-9-21(22(13-26-15)34-14-25(5,6)30-18(4)33)19-7-8-32-20(11-19)12-24(31-32)29-23-10-16(2)27-17(3)28-23/h7-13H,14H2,1-6H3,(H,30,33)(H,27,28,29,31). The van der Waals surface area contributed by atoms with Gasteiger partial charge in [-0.15, -0.1) is 0 Å². The smallest absolute Gasteiger partial charge is 0.217 e. The van der Waals surface area contributed by atoms with Crippen LogP contribution in [-0.4, -0.2) is 42.6 Å². The number of rotatable bonds is 7. The number of anilines is 2. The van der Waals surface area contributed by atoms with E-state index in [9.17, 15) is 4.79 Å². The number of amides is 1. The molecule has 4 aromatic heterocycles. The van der Waals surface area contributed by atoms with Gasteiger partial charge in [0.25, 0.3) is 0 Å². The van der Waals surface area contributed by atoms with Crippen molar-refractivity contribution in [3.63, 3.8) is 0 Å². The summed E-state index contributed by atoms with van der Waals surface area (Å²) in [6.07, 6.45) is 3.63. The van der Waals surface area contributed by atoms with E-state index in [4.69, 9.17) is 4.74 Å². The molecule has 0 saturated carbocycles. The van der Waals surface area contributed by atoms with E-state index < -0.39 is 5.54 Å². The molecular weight excluding hydrogens is 430 g/mol. The minimum atomic E-state index is -0.512. The average Bonchev–Trinajstić information content (AvgIpc) is 3.12. The first kappa shape index (κ1) is 23.2. The van der Waals surface area contributed by atoms with Gasteiger partial charge in [0.05, 0.1) is 17.3 Å². The molecular formula is C25H29N7O2. The van der Waals surface area contributed by atoms with Gasteiger partial charge in [0.15, 0.2) is 5.82 Å². The number of nitrogens with zero attached hydrogens (tertiary/aromatic N) is 5. The lowest BCUT2D eigenvalue weighted by Crippen LogP contribution is -2.46. The fourth-order valence-corrected chi connectivity index (χ4v) is 3.79. The quantitative estimate of drug-likeness (QED) is 0.428. The molecule has 4 rings (SSSR count). The molecule has 0 spiro atoms. The number of aromatic nitrogens is 5. The Kier molecular flexibility index (Phi) is 6.19. The van der Waals surface area contributed by atoms with Crippen LogP contribution in [0.4, 0.5) is 11.6 Å². The van der Waals surface area contributed by atoms with E-state index in [-0.39, 0.29) is 5.91 Å². The highest BCUT2D eigenvalue weighted by atomic mass is 16.5. The molecule has 34 heavy (non-hydrogen) atoms. The highest BCUT2D eigenvalue weighted by Gasteiger charge is 2.21. The maximum Gasteiger partial charge on any atom is 0.217 e. The van der Waals surface area contributed by atoms with Crippen LogP contribution in [0.1, 0.15) is 38.0 Å². The average molecular weight is 460 g/mol. The third kappa shape index (κ3) is 5.48. The molecule has 0 fully saturated rings. The third-order valence-electron chi connectivity index (χ3n) is 5.10. The van der Waals surface area contributed by atoms with Crippen LogP contribution in [0.3, 0.4) is 0 Å². The molecule has 2 N–H and O–H groups in total. The van der Waals surface area contributed by atoms with Crippen molar-refractivity contribution >= 4 is 23.1 Å². The van der Waals surface area contributed by atoms with E-state index in [0.29, 0.717) is 29.8 Å². The van der Waals surface area contributed by atoms with Gasteiger partial charge in [-0.2, -0.15) is 5.10 Å². The second-order valence-corrected chi connectivity index (χ2v) is 9.06. The lowest BCUT2D eigenvalue weighted by Gasteiger charge is -2.26. The van der Waals surface area contributed by atoms with Gasteiger partial charge in [-0.05, 0) is 58.4 Å². The molecule has 9 nitrogen and oxygen atoms in total. The van der Waals surface area contributed by atoms with Crippen molar-refractivity contribution in [1.29, 1.82) is 0 Å². The lowest BCUT2D eigenvalue weighted by molar-refractivity contribution is -0.120. The summed E-state index contributed by atoms with van der Waals surface area (Å²) < 4.78 is 7.91. The van der Waals surface area contributed by atoms with Crippen LogP contribution in [0.2, 0.25) is 0 Å². The summed E-state index contributed by atoms with van der Waals surface area (Å²) in [5.41, 5.74) is 4.08. The molecule has 1 amide bonds. The van der Waals surface area contributed by atoms with Gasteiger partial charge in [0, 0.05) is 42.2 Å². The predicted octanol–water partition coefficient (Wildman–Crippen LogP) is 4.15. The van der Waals surface area contributed by atoms with E-state index in [1.54, 1.807) is 10.7 Å². The number of fused-ring (bicyclic) bond motifs is 1. The zero-order valence-corrected chi connectivity index (χ0v) is 20.3. The number of carbonyl (C=O) groups excluding carboxylic acids is 1. The number of carbonyl (C=O) groups is 1. The Morgan fingerprint density at radius 2 is 1.85 bits per heavy atom. The summed E-state index contributed by atoms with van der Waals surface area (Å²) in [6.45, 7) is 11.4. The zero-order chi connectivity index (χ0) is 24.5. The third-order valence-corrected chi connectivity index (χ3v) is 5.10. The van der Waals surface area contributed by atoms with Crippen LogP contribution in [-0.2, 0) is 4.79 Å². The molecule has 0 aromatic carbocycles. The van der Waals surface area contributed by atoms with Gasteiger partial charge in [-0.25, -0.2) is 14.5 Å². The normalized spacial score (nSPS) is 11.5. The second-order valence-electron chi connectivity index (χ2n) is 9.06. The van der Waals surface area contributed by atoms with Gasteiger partial charge < -0.3 is 15.4 Å². The van der Waals surface area contributed by atoms with E-state index in [1.165, 1.54) is 6.92 Å². The van der Waals surface area contributed by atoms with Crippen LogP contribution < -0.4 is 15.4 Å². The van der Waals surface area contributed by atoms with Crippen LogP contribution in [0.15, 0.2) is 42.7 Å². The van der Waals surface area contributed by atoms with Gasteiger partial charge in [0.2, 0.25) is 5.91 Å². The van der Waals surface area contributed by atoms with Gasteiger partial charge in [0.1, 0.15) is 24.0 Å². The molecule has 0 aliphatic rings. The summed E-state index contributed by atoms with van der Waals surface area (Å²) in [4.78, 5) is 24.6. The number of ether oxygens (including phenoxy) is 1. The maximum atomic E-state index is 11.5. The van der Waals surface area contributed by atoms with E-state index in [1.807, 2.05) is 65.1 Å². The summed E-state index contributed by atoms with van der Waals surface area (Å²) in [7, 11) is 0. The highest BCUT2D eigenvalue weighted by molar-refractivity contribution is 5.75. The van der Waals surface area contributed by atoms with E-state index in [2.05, 4.69) is 36.8 Å². The van der Waals surface area contributed by atoms with Crippen LogP contribution >= 0.6 is 0 Å². The van der Waals surface area contributed by atoms with E-state index in [0.717, 1.165) is 28.0 Å². The summed E-state index contributed by atoms with van der Waals surface area (Å²) in [5, 5.41) is 10.8. The highest BCUT2D eigenvalue weighted by Crippen LogP contribution is 2.32. The molecule has 4 heterocycles. The van der Waals surface area contributed by atoms with Gasteiger partial charge in [-0.3, -0.25) is 9.78 Å². The van der Waals surface area contributed by atoms with Crippen LogP contribution in [0.25, 0.3) is 16.6 Å². The van der Waals surface area contributed by atoms with Crippen molar-refractivity contribution in [2.24, 2.45) is 0 Å². The van der Waals surface area contributed by atoms with Crippen molar-refractivity contribution in [3.8, 4) is 16.9 Å². The second kappa shape index (κ2) is 9.09. The Morgan fingerprint density at radius 1 is 1.06 bits per heavy atom. The molecule has 0 aliphatic carbocycles. The largest absolute Gasteiger partial charge is 0.489 e. The first-order valence-corrected chi connectivity index (χ1v) is 11.1. The first-order valence-electron chi connectivity index (χ1n) is 11.1. The van der Waals surface area contributed by atoms with Gasteiger partial charge in [-0.1, -0.05) is 0 Å². The fraction of sp³-hybridized carbons (Fsp3) is 0.320. The number of nitrogens with one attached hydrogen (secondary N) is 2. The molecule has 176 valence electrons. The molecule has 4 aromatic rings. The Morgan fingerprint density at radius 3 is 2.59 bits per heavy atom. The van der Waals surface area contributed by atoms with Crippen molar-refractivity contribution < 1.29 is 9.53 Å². The maximum absolute atomic E-state index is 11.5. The van der Waals surface area contributed by atoms with Crippen molar-refractivity contribution in [2.45, 2.75) is 47.1 Å². The molecule has 0 atom stereocenters. The predicted molar refractivity (Wildman–Crippen MR) is 131 cm³/mol. The topological polar surface area (TPSA) is 106 Å². The van der Waals surface area contributed by atoms with Crippen molar-refractivity contribution in [2.75, 3.05) is 11.9 Å². The molecule has 0 saturated heterocycles.